The summed E-state index contributed by atoms with van der Waals surface area (Å²) in [5.41, 5.74) is 1.33. The van der Waals surface area contributed by atoms with Gasteiger partial charge in [-0.3, -0.25) is 4.79 Å². The number of allylic oxidation sites excluding steroid dienone is 3. The van der Waals surface area contributed by atoms with Gasteiger partial charge >= 0.3 is 11.9 Å². The lowest BCUT2D eigenvalue weighted by molar-refractivity contribution is -0.134. The van der Waals surface area contributed by atoms with Crippen LogP contribution in [-0.4, -0.2) is 71.8 Å². The zero-order valence-corrected chi connectivity index (χ0v) is 21.1. The fourth-order valence-corrected chi connectivity index (χ4v) is 3.77. The number of methoxy groups -OCH3 is 1. The van der Waals surface area contributed by atoms with Crippen LogP contribution in [0.2, 0.25) is 0 Å². The fourth-order valence-electron chi connectivity index (χ4n) is 3.77. The van der Waals surface area contributed by atoms with Gasteiger partial charge in [-0.2, -0.15) is 0 Å². The number of aliphatic carboxylic acids is 2. The van der Waals surface area contributed by atoms with Crippen molar-refractivity contribution in [1.29, 1.82) is 0 Å². The van der Waals surface area contributed by atoms with Crippen LogP contribution in [-0.2, 0) is 19.1 Å². The Morgan fingerprint density at radius 1 is 1.06 bits per heavy atom. The molecule has 194 valence electrons. The number of ketones is 1. The molecule has 8 nitrogen and oxygen atoms in total. The number of hydrogen-bond acceptors (Lipinski definition) is 6. The van der Waals surface area contributed by atoms with Crippen molar-refractivity contribution >= 4 is 23.8 Å². The van der Waals surface area contributed by atoms with E-state index in [0.29, 0.717) is 12.2 Å². The van der Waals surface area contributed by atoms with Crippen LogP contribution in [0.25, 0.3) is 6.08 Å². The summed E-state index contributed by atoms with van der Waals surface area (Å²) in [4.78, 5) is 34.1. The van der Waals surface area contributed by atoms with Gasteiger partial charge in [0, 0.05) is 30.2 Å². The summed E-state index contributed by atoms with van der Waals surface area (Å²) in [6, 6.07) is 7.64. The minimum absolute atomic E-state index is 0.0121. The molecule has 36 heavy (non-hydrogen) atoms. The van der Waals surface area contributed by atoms with Gasteiger partial charge in [0.25, 0.3) is 0 Å². The lowest BCUT2D eigenvalue weighted by Gasteiger charge is -2.34. The van der Waals surface area contributed by atoms with E-state index in [1.165, 1.54) is 25.9 Å². The lowest BCUT2D eigenvalue weighted by atomic mass is 9.83. The maximum atomic E-state index is 12.6. The van der Waals surface area contributed by atoms with E-state index < -0.39 is 11.9 Å². The molecule has 0 radical (unpaired) electrons. The third kappa shape index (κ3) is 9.64. The summed E-state index contributed by atoms with van der Waals surface area (Å²) in [7, 11) is 1.64. The molecule has 1 fully saturated rings. The van der Waals surface area contributed by atoms with Gasteiger partial charge < -0.3 is 24.6 Å². The summed E-state index contributed by atoms with van der Waals surface area (Å²) in [5.74, 6) is -1.55. The SMILES string of the molecule is COc1ccc(C=CC(=O)C2=CC(C)C(C)(OCCN3CCCC3)C=C2)cc1.O=C(O)C=CC(=O)O. The van der Waals surface area contributed by atoms with E-state index in [0.717, 1.165) is 30.0 Å². The minimum atomic E-state index is -1.26. The van der Waals surface area contributed by atoms with Crippen molar-refractivity contribution in [3.63, 3.8) is 0 Å². The Kier molecular flexibility index (Phi) is 11.3. The highest BCUT2D eigenvalue weighted by Crippen LogP contribution is 2.31. The number of carboxylic acid groups (broad SMARTS) is 2. The second-order valence-electron chi connectivity index (χ2n) is 8.81. The van der Waals surface area contributed by atoms with Gasteiger partial charge in [-0.05, 0) is 56.6 Å². The van der Waals surface area contributed by atoms with Crippen LogP contribution in [0, 0.1) is 5.92 Å². The van der Waals surface area contributed by atoms with Crippen molar-refractivity contribution in [2.24, 2.45) is 5.92 Å². The van der Waals surface area contributed by atoms with E-state index in [1.807, 2.05) is 48.6 Å². The molecule has 0 aromatic heterocycles. The third-order valence-corrected chi connectivity index (χ3v) is 6.14. The van der Waals surface area contributed by atoms with Gasteiger partial charge in [0.1, 0.15) is 5.75 Å². The van der Waals surface area contributed by atoms with Crippen molar-refractivity contribution in [1.82, 2.24) is 4.90 Å². The number of likely N-dealkylation sites (tertiary alicyclic amines) is 1. The smallest absolute Gasteiger partial charge is 0.328 e. The van der Waals surface area contributed by atoms with Gasteiger partial charge in [0.2, 0.25) is 0 Å². The van der Waals surface area contributed by atoms with Gasteiger partial charge in [-0.15, -0.1) is 0 Å². The number of carbonyl (C=O) groups excluding carboxylic acids is 1. The first-order valence-electron chi connectivity index (χ1n) is 11.9. The first-order valence-corrected chi connectivity index (χ1v) is 11.9. The van der Waals surface area contributed by atoms with Crippen molar-refractivity contribution in [2.75, 3.05) is 33.4 Å². The standard InChI is InChI=1S/C24H31NO3.C4H4O4/c1-19-18-21(23(26)11-8-20-6-9-22(27-3)10-7-20)12-13-24(19,2)28-17-16-25-14-4-5-15-25;5-3(6)1-2-4(7)8/h6-13,18-19H,4-5,14-17H2,1-3H3;1-2H,(H,5,6)(H,7,8). The highest BCUT2D eigenvalue weighted by molar-refractivity contribution is 6.08. The van der Waals surface area contributed by atoms with Crippen molar-refractivity contribution in [3.05, 3.63) is 71.9 Å². The van der Waals surface area contributed by atoms with E-state index in [4.69, 9.17) is 19.7 Å². The Labute approximate surface area is 212 Å². The van der Waals surface area contributed by atoms with Crippen molar-refractivity contribution < 1.29 is 34.1 Å². The molecule has 2 aliphatic rings. The lowest BCUT2D eigenvalue weighted by Crippen LogP contribution is -2.38. The molecule has 2 atom stereocenters. The van der Waals surface area contributed by atoms with E-state index in [9.17, 15) is 14.4 Å². The largest absolute Gasteiger partial charge is 0.497 e. The molecule has 1 aromatic carbocycles. The molecular formula is C28H35NO7. The van der Waals surface area contributed by atoms with Crippen LogP contribution in [0.3, 0.4) is 0 Å². The molecule has 1 aliphatic heterocycles. The zero-order valence-electron chi connectivity index (χ0n) is 21.1. The molecular weight excluding hydrogens is 462 g/mol. The van der Waals surface area contributed by atoms with Crippen LogP contribution in [0.4, 0.5) is 0 Å². The summed E-state index contributed by atoms with van der Waals surface area (Å²) in [6.45, 7) is 8.29. The summed E-state index contributed by atoms with van der Waals surface area (Å²) >= 11 is 0. The summed E-state index contributed by atoms with van der Waals surface area (Å²) in [6.07, 6.45) is 13.1. The third-order valence-electron chi connectivity index (χ3n) is 6.14. The number of carbonyl (C=O) groups is 3. The van der Waals surface area contributed by atoms with E-state index in [1.54, 1.807) is 13.2 Å². The van der Waals surface area contributed by atoms with E-state index >= 15 is 0 Å². The number of hydrogen-bond donors (Lipinski definition) is 2. The molecule has 2 unspecified atom stereocenters. The number of benzene rings is 1. The molecule has 0 bridgehead atoms. The second-order valence-corrected chi connectivity index (χ2v) is 8.81. The van der Waals surface area contributed by atoms with Crippen LogP contribution >= 0.6 is 0 Å². The highest BCUT2D eigenvalue weighted by atomic mass is 16.5. The number of nitrogens with zero attached hydrogens (tertiary/aromatic N) is 1. The number of ether oxygens (including phenoxy) is 2. The number of rotatable bonds is 10. The average Bonchev–Trinajstić information content (AvgIpc) is 3.37. The summed E-state index contributed by atoms with van der Waals surface area (Å²) in [5, 5.41) is 15.6. The summed E-state index contributed by atoms with van der Waals surface area (Å²) < 4.78 is 11.4. The quantitative estimate of drug-likeness (QED) is 0.467. The van der Waals surface area contributed by atoms with Crippen molar-refractivity contribution in [3.8, 4) is 5.75 Å². The van der Waals surface area contributed by atoms with Crippen LogP contribution in [0.15, 0.2) is 66.3 Å². The monoisotopic (exact) mass is 497 g/mol. The maximum Gasteiger partial charge on any atom is 0.328 e. The fraction of sp³-hybridized carbons (Fsp3) is 0.393. The van der Waals surface area contributed by atoms with Gasteiger partial charge in [0.05, 0.1) is 19.3 Å². The van der Waals surface area contributed by atoms with Crippen LogP contribution < -0.4 is 4.74 Å². The van der Waals surface area contributed by atoms with Crippen molar-refractivity contribution in [2.45, 2.75) is 32.3 Å². The van der Waals surface area contributed by atoms with E-state index in [2.05, 4.69) is 18.7 Å². The molecule has 0 saturated carbocycles. The molecule has 1 aliphatic carbocycles. The molecule has 8 heteroatoms. The molecule has 0 amide bonds. The normalized spacial score (nSPS) is 21.8. The maximum absolute atomic E-state index is 12.6. The Bertz CT molecular complexity index is 1000. The molecule has 0 spiro atoms. The molecule has 1 aromatic rings. The second kappa shape index (κ2) is 14.2. The van der Waals surface area contributed by atoms with Crippen LogP contribution in [0.1, 0.15) is 32.3 Å². The molecule has 2 N–H and O–H groups in total. The Hall–Kier alpha value is -3.49. The molecule has 1 saturated heterocycles. The average molecular weight is 498 g/mol. The van der Waals surface area contributed by atoms with Gasteiger partial charge in [0.15, 0.2) is 5.78 Å². The minimum Gasteiger partial charge on any atom is -0.497 e. The first-order chi connectivity index (χ1) is 17.1. The van der Waals surface area contributed by atoms with Gasteiger partial charge in [-0.25, -0.2) is 9.59 Å². The van der Waals surface area contributed by atoms with E-state index in [-0.39, 0.29) is 17.3 Å². The molecule has 1 heterocycles. The number of carboxylic acids is 2. The highest BCUT2D eigenvalue weighted by Gasteiger charge is 2.31. The predicted molar refractivity (Wildman–Crippen MR) is 138 cm³/mol. The topological polar surface area (TPSA) is 113 Å². The Morgan fingerprint density at radius 3 is 2.19 bits per heavy atom. The first kappa shape index (κ1) is 28.7. The van der Waals surface area contributed by atoms with Gasteiger partial charge in [-0.1, -0.05) is 43.4 Å². The Morgan fingerprint density at radius 2 is 1.67 bits per heavy atom. The Balaban J connectivity index is 0.000000493. The predicted octanol–water partition coefficient (Wildman–Crippen LogP) is 3.99. The van der Waals surface area contributed by atoms with Crippen LogP contribution in [0.5, 0.6) is 5.75 Å². The molecule has 3 rings (SSSR count). The zero-order chi connectivity index (χ0) is 26.6.